The van der Waals surface area contributed by atoms with Crippen LogP contribution >= 0.6 is 0 Å². The molecule has 0 saturated heterocycles. The minimum atomic E-state index is -1.00. The molecule has 3 N–H and O–H groups in total. The van der Waals surface area contributed by atoms with Gasteiger partial charge in [0.25, 0.3) is 0 Å². The van der Waals surface area contributed by atoms with E-state index in [4.69, 9.17) is 14.9 Å². The van der Waals surface area contributed by atoms with Crippen molar-refractivity contribution in [2.45, 2.75) is 38.5 Å². The number of nitrogens with one attached hydrogen (secondary N) is 1. The predicted octanol–water partition coefficient (Wildman–Crippen LogP) is 1.40. The SMILES string of the molecule is CO/C1=C(\NCC(=O)O)CCCCCCC1=NCC(=O)O. The fourth-order valence-electron chi connectivity index (χ4n) is 2.25. The Labute approximate surface area is 123 Å². The molecule has 1 aliphatic rings. The lowest BCUT2D eigenvalue weighted by atomic mass is 10.1. The zero-order valence-electron chi connectivity index (χ0n) is 12.2. The second kappa shape index (κ2) is 8.99. The lowest BCUT2D eigenvalue weighted by Gasteiger charge is -2.16. The van der Waals surface area contributed by atoms with Gasteiger partial charge in [-0.3, -0.25) is 14.6 Å². The van der Waals surface area contributed by atoms with Crippen LogP contribution < -0.4 is 5.32 Å². The molecule has 0 aliphatic heterocycles. The van der Waals surface area contributed by atoms with E-state index < -0.39 is 11.9 Å². The Hall–Kier alpha value is -2.05. The van der Waals surface area contributed by atoms with Crippen LogP contribution in [0.15, 0.2) is 16.4 Å². The molecule has 0 bridgehead atoms. The van der Waals surface area contributed by atoms with Crippen LogP contribution in [-0.4, -0.2) is 48.1 Å². The number of methoxy groups -OCH3 is 1. The Morgan fingerprint density at radius 2 is 1.81 bits per heavy atom. The number of hydrogen-bond acceptors (Lipinski definition) is 5. The summed E-state index contributed by atoms with van der Waals surface area (Å²) in [4.78, 5) is 25.5. The van der Waals surface area contributed by atoms with E-state index in [9.17, 15) is 9.59 Å². The second-order valence-corrected chi connectivity index (χ2v) is 4.83. The van der Waals surface area contributed by atoms with Crippen molar-refractivity contribution in [2.24, 2.45) is 4.99 Å². The van der Waals surface area contributed by atoms with Crippen LogP contribution in [0.25, 0.3) is 0 Å². The molecule has 1 rings (SSSR count). The second-order valence-electron chi connectivity index (χ2n) is 4.83. The molecule has 0 unspecified atom stereocenters. The average molecular weight is 298 g/mol. The number of rotatable bonds is 6. The molecule has 0 fully saturated rings. The van der Waals surface area contributed by atoms with Gasteiger partial charge in [-0.2, -0.15) is 0 Å². The van der Waals surface area contributed by atoms with Crippen LogP contribution in [-0.2, 0) is 14.3 Å². The normalized spacial score (nSPS) is 22.0. The summed E-state index contributed by atoms with van der Waals surface area (Å²) in [6.07, 6.45) is 5.23. The van der Waals surface area contributed by atoms with Gasteiger partial charge < -0.3 is 20.3 Å². The first kappa shape index (κ1) is 17.0. The number of carbonyl (C=O) groups is 2. The first-order chi connectivity index (χ1) is 10.0. The molecule has 0 aromatic heterocycles. The van der Waals surface area contributed by atoms with Gasteiger partial charge in [-0.05, 0) is 25.7 Å². The molecular formula is C14H22N2O5. The van der Waals surface area contributed by atoms with Crippen LogP contribution in [0.1, 0.15) is 38.5 Å². The topological polar surface area (TPSA) is 108 Å². The highest BCUT2D eigenvalue weighted by Crippen LogP contribution is 2.20. The maximum absolute atomic E-state index is 10.7. The highest BCUT2D eigenvalue weighted by molar-refractivity contribution is 5.99. The molecule has 0 aromatic rings. The highest BCUT2D eigenvalue weighted by atomic mass is 16.5. The van der Waals surface area contributed by atoms with Crippen molar-refractivity contribution in [1.29, 1.82) is 0 Å². The van der Waals surface area contributed by atoms with Crippen molar-refractivity contribution in [1.82, 2.24) is 5.32 Å². The minimum Gasteiger partial charge on any atom is -0.493 e. The van der Waals surface area contributed by atoms with E-state index in [0.29, 0.717) is 30.0 Å². The van der Waals surface area contributed by atoms with Crippen molar-refractivity contribution in [3.8, 4) is 0 Å². The third kappa shape index (κ3) is 6.29. The largest absolute Gasteiger partial charge is 0.493 e. The van der Waals surface area contributed by atoms with Crippen LogP contribution in [0.3, 0.4) is 0 Å². The van der Waals surface area contributed by atoms with Crippen LogP contribution in [0, 0.1) is 0 Å². The van der Waals surface area contributed by atoms with Gasteiger partial charge >= 0.3 is 11.9 Å². The van der Waals surface area contributed by atoms with E-state index in [1.165, 1.54) is 7.11 Å². The standard InChI is InChI=1S/C14H22N2O5/c1-21-14-10(15-8-12(17)18)6-4-2-3-5-7-11(14)16-9-13(19)20/h15H,2-9H2,1H3,(H,17,18)(H,19,20)/b14-10-,16-11?. The zero-order valence-corrected chi connectivity index (χ0v) is 12.2. The smallest absolute Gasteiger partial charge is 0.325 e. The van der Waals surface area contributed by atoms with Crippen molar-refractivity contribution < 1.29 is 24.5 Å². The van der Waals surface area contributed by atoms with Crippen molar-refractivity contribution in [3.05, 3.63) is 11.5 Å². The number of allylic oxidation sites excluding steroid dienone is 2. The van der Waals surface area contributed by atoms with E-state index >= 15 is 0 Å². The molecule has 0 amide bonds. The van der Waals surface area contributed by atoms with Gasteiger partial charge in [0.15, 0.2) is 5.76 Å². The van der Waals surface area contributed by atoms with Gasteiger partial charge in [-0.15, -0.1) is 0 Å². The van der Waals surface area contributed by atoms with Crippen LogP contribution in [0.2, 0.25) is 0 Å². The molecule has 0 saturated carbocycles. The fraction of sp³-hybridized carbons (Fsp3) is 0.643. The average Bonchev–Trinajstić information content (AvgIpc) is 2.52. The van der Waals surface area contributed by atoms with E-state index in [1.54, 1.807) is 0 Å². The first-order valence-corrected chi connectivity index (χ1v) is 7.03. The Morgan fingerprint density at radius 3 is 2.38 bits per heavy atom. The summed E-state index contributed by atoms with van der Waals surface area (Å²) in [5, 5.41) is 20.4. The van der Waals surface area contributed by atoms with E-state index in [1.807, 2.05) is 0 Å². The van der Waals surface area contributed by atoms with E-state index in [0.717, 1.165) is 25.7 Å². The molecule has 0 atom stereocenters. The molecule has 118 valence electrons. The van der Waals surface area contributed by atoms with Crippen LogP contribution in [0.5, 0.6) is 0 Å². The van der Waals surface area contributed by atoms with Crippen molar-refractivity contribution in [3.63, 3.8) is 0 Å². The third-order valence-electron chi connectivity index (χ3n) is 3.19. The molecule has 7 nitrogen and oxygen atoms in total. The van der Waals surface area contributed by atoms with Gasteiger partial charge in [0.1, 0.15) is 13.1 Å². The maximum atomic E-state index is 10.7. The van der Waals surface area contributed by atoms with Gasteiger partial charge in [-0.1, -0.05) is 12.8 Å². The summed E-state index contributed by atoms with van der Waals surface area (Å²) < 4.78 is 5.37. The number of aliphatic carboxylic acids is 2. The number of carboxylic acid groups (broad SMARTS) is 2. The third-order valence-corrected chi connectivity index (χ3v) is 3.19. The summed E-state index contributed by atoms with van der Waals surface area (Å²) in [7, 11) is 1.49. The number of ether oxygens (including phenoxy) is 1. The Kier molecular flexibility index (Phi) is 7.28. The zero-order chi connectivity index (χ0) is 15.7. The molecule has 0 heterocycles. The Morgan fingerprint density at radius 1 is 1.14 bits per heavy atom. The summed E-state index contributed by atoms with van der Waals surface area (Å²) in [6, 6.07) is 0. The Balaban J connectivity index is 3.04. The van der Waals surface area contributed by atoms with Gasteiger partial charge in [0.05, 0.1) is 18.5 Å². The molecule has 0 radical (unpaired) electrons. The molecule has 0 aromatic carbocycles. The number of carboxylic acids is 2. The summed E-state index contributed by atoms with van der Waals surface area (Å²) in [5.41, 5.74) is 1.28. The lowest BCUT2D eigenvalue weighted by Crippen LogP contribution is -2.25. The summed E-state index contributed by atoms with van der Waals surface area (Å²) in [5.74, 6) is -1.47. The van der Waals surface area contributed by atoms with E-state index in [2.05, 4.69) is 10.3 Å². The molecule has 0 spiro atoms. The highest BCUT2D eigenvalue weighted by Gasteiger charge is 2.17. The number of hydrogen-bond donors (Lipinski definition) is 3. The Bertz CT molecular complexity index is 443. The summed E-state index contributed by atoms with van der Waals surface area (Å²) >= 11 is 0. The fourth-order valence-corrected chi connectivity index (χ4v) is 2.25. The van der Waals surface area contributed by atoms with Gasteiger partial charge in [0, 0.05) is 0 Å². The quantitative estimate of drug-likeness (QED) is 0.684. The molecule has 21 heavy (non-hydrogen) atoms. The van der Waals surface area contributed by atoms with Crippen molar-refractivity contribution >= 4 is 17.7 Å². The van der Waals surface area contributed by atoms with E-state index in [-0.39, 0.29) is 13.1 Å². The molecule has 1 aliphatic carbocycles. The van der Waals surface area contributed by atoms with Crippen molar-refractivity contribution in [2.75, 3.05) is 20.2 Å². The lowest BCUT2D eigenvalue weighted by molar-refractivity contribution is -0.136. The predicted molar refractivity (Wildman–Crippen MR) is 77.3 cm³/mol. The van der Waals surface area contributed by atoms with Gasteiger partial charge in [0.2, 0.25) is 0 Å². The first-order valence-electron chi connectivity index (χ1n) is 7.03. The van der Waals surface area contributed by atoms with Gasteiger partial charge in [-0.25, -0.2) is 0 Å². The maximum Gasteiger partial charge on any atom is 0.325 e. The summed E-state index contributed by atoms with van der Waals surface area (Å²) in [6.45, 7) is -0.511. The number of aliphatic imine (C=N–C) groups is 1. The number of nitrogens with zero attached hydrogens (tertiary/aromatic N) is 1. The molecule has 7 heteroatoms. The molecular weight excluding hydrogens is 276 g/mol. The minimum absolute atomic E-state index is 0.200. The van der Waals surface area contributed by atoms with Crippen LogP contribution in [0.4, 0.5) is 0 Å². The monoisotopic (exact) mass is 298 g/mol.